The second kappa shape index (κ2) is 4.47. The largest absolute Gasteiger partial charge is 0.312 e. The van der Waals surface area contributed by atoms with Gasteiger partial charge in [0.15, 0.2) is 0 Å². The Labute approximate surface area is 104 Å². The molecule has 1 fully saturated rings. The maximum atomic E-state index is 3.47. The fourth-order valence-corrected chi connectivity index (χ4v) is 4.46. The quantitative estimate of drug-likeness (QED) is 0.830. The van der Waals surface area contributed by atoms with Gasteiger partial charge in [-0.2, -0.15) is 0 Å². The molecule has 1 nitrogen and oxygen atoms in total. The third-order valence-electron chi connectivity index (χ3n) is 3.41. The molecule has 86 valence electrons. The topological polar surface area (TPSA) is 12.0 Å². The van der Waals surface area contributed by atoms with E-state index in [2.05, 4.69) is 29.9 Å². The van der Waals surface area contributed by atoms with Gasteiger partial charge in [0, 0.05) is 20.3 Å². The van der Waals surface area contributed by atoms with Gasteiger partial charge in [0.2, 0.25) is 0 Å². The van der Waals surface area contributed by atoms with Crippen molar-refractivity contribution in [1.29, 1.82) is 0 Å². The molecular formula is C13H17NS2. The first-order valence-electron chi connectivity index (χ1n) is 6.01. The summed E-state index contributed by atoms with van der Waals surface area (Å²) in [5, 5.41) is 5.65. The number of nitrogens with one attached hydrogen (secondary N) is 1. The lowest BCUT2D eigenvalue weighted by atomic mass is 10.1. The first-order valence-corrected chi connectivity index (χ1v) is 7.70. The van der Waals surface area contributed by atoms with Crippen molar-refractivity contribution in [3.8, 4) is 0 Å². The van der Waals surface area contributed by atoms with Crippen molar-refractivity contribution in [1.82, 2.24) is 5.32 Å². The maximum Gasteiger partial charge on any atom is 0.0454 e. The molecule has 3 rings (SSSR count). The number of hydrogen-bond donors (Lipinski definition) is 1. The summed E-state index contributed by atoms with van der Waals surface area (Å²) in [6.45, 7) is 0. The standard InChI is InChI=1S/C13H17NS2/c1-14-10(5-4-9-2-3-9)12-8-13-11(16-12)6-7-15-13/h6-10,14H,2-5H2,1H3. The minimum atomic E-state index is 0.574. The predicted octanol–water partition coefficient (Wildman–Crippen LogP) is 4.41. The normalized spacial score (nSPS) is 18.1. The van der Waals surface area contributed by atoms with Crippen molar-refractivity contribution in [2.75, 3.05) is 7.05 Å². The summed E-state index contributed by atoms with van der Waals surface area (Å²) < 4.78 is 2.90. The molecule has 0 aromatic carbocycles. The van der Waals surface area contributed by atoms with E-state index in [1.807, 2.05) is 22.7 Å². The molecule has 2 aromatic rings. The minimum Gasteiger partial charge on any atom is -0.312 e. The average Bonchev–Trinajstić information content (AvgIpc) is 2.85. The van der Waals surface area contributed by atoms with Gasteiger partial charge in [0.1, 0.15) is 0 Å². The van der Waals surface area contributed by atoms with Crippen molar-refractivity contribution in [3.05, 3.63) is 22.4 Å². The first-order chi connectivity index (χ1) is 7.86. The third kappa shape index (κ3) is 2.17. The van der Waals surface area contributed by atoms with E-state index in [1.54, 1.807) is 0 Å². The Kier molecular flexibility index (Phi) is 3.01. The Balaban J connectivity index is 1.74. The summed E-state index contributed by atoms with van der Waals surface area (Å²) >= 11 is 3.81. The number of fused-ring (bicyclic) bond motifs is 1. The van der Waals surface area contributed by atoms with Crippen LogP contribution in [0.15, 0.2) is 17.5 Å². The SMILES string of the molecule is CNC(CCC1CC1)c1cc2sccc2s1. The molecule has 1 atom stereocenters. The minimum absolute atomic E-state index is 0.574. The predicted molar refractivity (Wildman–Crippen MR) is 73.5 cm³/mol. The van der Waals surface area contributed by atoms with Gasteiger partial charge < -0.3 is 5.32 Å². The Morgan fingerprint density at radius 3 is 3.00 bits per heavy atom. The highest BCUT2D eigenvalue weighted by atomic mass is 32.1. The molecular weight excluding hydrogens is 234 g/mol. The number of thiophene rings is 2. The van der Waals surface area contributed by atoms with E-state index in [0.717, 1.165) is 5.92 Å². The van der Waals surface area contributed by atoms with E-state index >= 15 is 0 Å². The van der Waals surface area contributed by atoms with Gasteiger partial charge in [-0.15, -0.1) is 22.7 Å². The summed E-state index contributed by atoms with van der Waals surface area (Å²) in [6.07, 6.45) is 5.64. The molecule has 0 bridgehead atoms. The van der Waals surface area contributed by atoms with Crippen LogP contribution in [0, 0.1) is 5.92 Å². The molecule has 3 heteroatoms. The van der Waals surface area contributed by atoms with Crippen LogP contribution in [0.5, 0.6) is 0 Å². The molecule has 2 aromatic heterocycles. The highest BCUT2D eigenvalue weighted by Gasteiger charge is 2.23. The van der Waals surface area contributed by atoms with Crippen LogP contribution in [0.4, 0.5) is 0 Å². The second-order valence-corrected chi connectivity index (χ2v) is 6.72. The molecule has 1 aliphatic rings. The van der Waals surface area contributed by atoms with Gasteiger partial charge in [0.25, 0.3) is 0 Å². The Morgan fingerprint density at radius 2 is 2.31 bits per heavy atom. The van der Waals surface area contributed by atoms with Gasteiger partial charge in [-0.1, -0.05) is 12.8 Å². The second-order valence-electron chi connectivity index (χ2n) is 4.66. The molecule has 1 aliphatic carbocycles. The Hall–Kier alpha value is -0.380. The summed E-state index contributed by atoms with van der Waals surface area (Å²) in [5.41, 5.74) is 0. The van der Waals surface area contributed by atoms with Crippen LogP contribution < -0.4 is 5.32 Å². The van der Waals surface area contributed by atoms with E-state index in [0.29, 0.717) is 6.04 Å². The van der Waals surface area contributed by atoms with Crippen LogP contribution in [-0.4, -0.2) is 7.05 Å². The highest BCUT2D eigenvalue weighted by Crippen LogP contribution is 2.38. The molecule has 16 heavy (non-hydrogen) atoms. The summed E-state index contributed by atoms with van der Waals surface area (Å²) in [5.74, 6) is 1.04. The Morgan fingerprint density at radius 1 is 1.44 bits per heavy atom. The number of rotatable bonds is 5. The Bertz CT molecular complexity index is 438. The lowest BCUT2D eigenvalue weighted by Gasteiger charge is -2.13. The summed E-state index contributed by atoms with van der Waals surface area (Å²) in [6, 6.07) is 5.19. The summed E-state index contributed by atoms with van der Waals surface area (Å²) in [7, 11) is 2.09. The van der Waals surface area contributed by atoms with Crippen molar-refractivity contribution in [2.45, 2.75) is 31.7 Å². The van der Waals surface area contributed by atoms with Crippen LogP contribution in [0.1, 0.15) is 36.6 Å². The maximum absolute atomic E-state index is 3.47. The molecule has 0 spiro atoms. The van der Waals surface area contributed by atoms with E-state index in [1.165, 1.54) is 40.0 Å². The highest BCUT2D eigenvalue weighted by molar-refractivity contribution is 7.26. The van der Waals surface area contributed by atoms with Gasteiger partial charge in [-0.05, 0) is 43.3 Å². The molecule has 0 saturated heterocycles. The van der Waals surface area contributed by atoms with E-state index < -0.39 is 0 Å². The zero-order valence-electron chi connectivity index (χ0n) is 9.53. The molecule has 1 saturated carbocycles. The average molecular weight is 251 g/mol. The molecule has 2 heterocycles. The van der Waals surface area contributed by atoms with Gasteiger partial charge in [0.05, 0.1) is 0 Å². The van der Waals surface area contributed by atoms with Crippen molar-refractivity contribution >= 4 is 32.1 Å². The lowest BCUT2D eigenvalue weighted by molar-refractivity contribution is 0.513. The monoisotopic (exact) mass is 251 g/mol. The summed E-state index contributed by atoms with van der Waals surface area (Å²) in [4.78, 5) is 1.52. The number of hydrogen-bond acceptors (Lipinski definition) is 3. The van der Waals surface area contributed by atoms with E-state index in [9.17, 15) is 0 Å². The smallest absolute Gasteiger partial charge is 0.0454 e. The van der Waals surface area contributed by atoms with Crippen molar-refractivity contribution in [3.63, 3.8) is 0 Å². The van der Waals surface area contributed by atoms with Gasteiger partial charge >= 0.3 is 0 Å². The zero-order valence-corrected chi connectivity index (χ0v) is 11.2. The van der Waals surface area contributed by atoms with E-state index in [4.69, 9.17) is 0 Å². The molecule has 0 amide bonds. The van der Waals surface area contributed by atoms with Gasteiger partial charge in [-0.3, -0.25) is 0 Å². The fourth-order valence-electron chi connectivity index (χ4n) is 2.19. The van der Waals surface area contributed by atoms with Crippen LogP contribution in [-0.2, 0) is 0 Å². The van der Waals surface area contributed by atoms with Crippen LogP contribution >= 0.6 is 22.7 Å². The van der Waals surface area contributed by atoms with Crippen LogP contribution in [0.25, 0.3) is 9.40 Å². The molecule has 1 N–H and O–H groups in total. The third-order valence-corrected chi connectivity index (χ3v) is 5.62. The molecule has 1 unspecified atom stereocenters. The fraction of sp³-hybridized carbons (Fsp3) is 0.538. The van der Waals surface area contributed by atoms with Crippen molar-refractivity contribution in [2.24, 2.45) is 5.92 Å². The van der Waals surface area contributed by atoms with E-state index in [-0.39, 0.29) is 0 Å². The van der Waals surface area contributed by atoms with Gasteiger partial charge in [-0.25, -0.2) is 0 Å². The molecule has 0 aliphatic heterocycles. The van der Waals surface area contributed by atoms with Crippen LogP contribution in [0.2, 0.25) is 0 Å². The zero-order chi connectivity index (χ0) is 11.0. The molecule has 0 radical (unpaired) electrons. The van der Waals surface area contributed by atoms with Crippen molar-refractivity contribution < 1.29 is 0 Å². The van der Waals surface area contributed by atoms with Crippen LogP contribution in [0.3, 0.4) is 0 Å². The first kappa shape index (κ1) is 10.8. The lowest BCUT2D eigenvalue weighted by Crippen LogP contribution is -2.15.